The van der Waals surface area contributed by atoms with E-state index in [0.717, 1.165) is 12.8 Å². The number of aromatic hydroxyl groups is 2. The molecule has 0 spiro atoms. The molecule has 35 heavy (non-hydrogen) atoms. The highest BCUT2D eigenvalue weighted by molar-refractivity contribution is 9.11. The number of phenolic OH excluding ortho intramolecular Hbond substituents is 2. The van der Waals surface area contributed by atoms with Crippen LogP contribution in [0.3, 0.4) is 0 Å². The topological polar surface area (TPSA) is 94.8 Å². The highest BCUT2D eigenvalue weighted by atomic mass is 79.9. The predicted octanol–water partition coefficient (Wildman–Crippen LogP) is 5.74. The Morgan fingerprint density at radius 3 is 2.03 bits per heavy atom. The molecule has 0 radical (unpaired) electrons. The van der Waals surface area contributed by atoms with Crippen molar-refractivity contribution in [2.45, 2.75) is 51.3 Å². The van der Waals surface area contributed by atoms with Gasteiger partial charge in [-0.1, -0.05) is 51.5 Å². The van der Waals surface area contributed by atoms with Crippen molar-refractivity contribution in [1.82, 2.24) is 0 Å². The van der Waals surface area contributed by atoms with E-state index in [1.54, 1.807) is 18.2 Å². The molecule has 3 aromatic carbocycles. The van der Waals surface area contributed by atoms with Gasteiger partial charge in [0.25, 0.3) is 10.1 Å². The highest BCUT2D eigenvalue weighted by Gasteiger charge is 2.24. The zero-order valence-corrected chi connectivity index (χ0v) is 23.8. The Balaban J connectivity index is 2.68. The lowest BCUT2D eigenvalue weighted by Gasteiger charge is -2.19. The lowest BCUT2D eigenvalue weighted by atomic mass is 9.88. The van der Waals surface area contributed by atoms with Crippen LogP contribution in [0.4, 0.5) is 0 Å². The van der Waals surface area contributed by atoms with Crippen LogP contribution in [0.25, 0.3) is 12.2 Å². The minimum absolute atomic E-state index is 0.0956. The van der Waals surface area contributed by atoms with Crippen LogP contribution in [-0.2, 0) is 23.0 Å². The molecule has 0 aromatic heterocycles. The maximum atomic E-state index is 12.4. The van der Waals surface area contributed by atoms with Gasteiger partial charge in [0.05, 0.1) is 8.95 Å². The number of benzene rings is 3. The Morgan fingerprint density at radius 2 is 1.46 bits per heavy atom. The van der Waals surface area contributed by atoms with Gasteiger partial charge in [-0.05, 0) is 108 Å². The Labute approximate surface area is 222 Å². The number of halogens is 2. The molecule has 0 amide bonds. The van der Waals surface area contributed by atoms with Crippen LogP contribution in [0.15, 0.2) is 50.2 Å². The van der Waals surface area contributed by atoms with Gasteiger partial charge < -0.3 is 10.2 Å². The first-order chi connectivity index (χ1) is 16.4. The van der Waals surface area contributed by atoms with Crippen molar-refractivity contribution in [2.75, 3.05) is 0 Å². The fourth-order valence-corrected chi connectivity index (χ4v) is 5.89. The molecule has 0 saturated heterocycles. The van der Waals surface area contributed by atoms with Gasteiger partial charge in [-0.15, -0.1) is 0 Å². The van der Waals surface area contributed by atoms with Gasteiger partial charge in [-0.25, -0.2) is 0 Å². The molecule has 3 rings (SSSR count). The zero-order valence-electron chi connectivity index (χ0n) is 19.8. The molecular weight excluding hydrogens is 596 g/mol. The number of hydrogen-bond acceptors (Lipinski definition) is 4. The fourth-order valence-electron chi connectivity index (χ4n) is 4.26. The molecule has 0 heterocycles. The quantitative estimate of drug-likeness (QED) is 0.292. The van der Waals surface area contributed by atoms with Crippen molar-refractivity contribution < 1.29 is 23.2 Å². The second-order valence-corrected chi connectivity index (χ2v) is 11.4. The van der Waals surface area contributed by atoms with Gasteiger partial charge >= 0.3 is 0 Å². The summed E-state index contributed by atoms with van der Waals surface area (Å²) in [5.41, 5.74) is 3.59. The Kier molecular flexibility index (Phi) is 8.52. The number of phenols is 2. The summed E-state index contributed by atoms with van der Waals surface area (Å²) in [6.07, 6.45) is 2.80. The van der Waals surface area contributed by atoms with E-state index < -0.39 is 10.1 Å². The predicted molar refractivity (Wildman–Crippen MR) is 147 cm³/mol. The molecule has 0 unspecified atom stereocenters. The summed E-state index contributed by atoms with van der Waals surface area (Å²) < 4.78 is 35.8. The van der Waals surface area contributed by atoms with Crippen molar-refractivity contribution in [3.63, 3.8) is 0 Å². The van der Waals surface area contributed by atoms with E-state index >= 15 is 0 Å². The van der Waals surface area contributed by atoms with Crippen molar-refractivity contribution in [3.05, 3.63) is 83.6 Å². The Bertz CT molecular complexity index is 1510. The van der Waals surface area contributed by atoms with E-state index in [1.807, 2.05) is 32.9 Å². The normalized spacial score (nSPS) is 12.6. The van der Waals surface area contributed by atoms with Gasteiger partial charge in [-0.2, -0.15) is 8.42 Å². The second-order valence-electron chi connectivity index (χ2n) is 8.44. The van der Waals surface area contributed by atoms with Crippen molar-refractivity contribution in [1.29, 1.82) is 0 Å². The summed E-state index contributed by atoms with van der Waals surface area (Å²) in [6, 6.07) is 9.92. The first kappa shape index (κ1) is 27.5. The van der Waals surface area contributed by atoms with Crippen LogP contribution in [0.2, 0.25) is 0 Å². The van der Waals surface area contributed by atoms with Crippen LogP contribution in [0.1, 0.15) is 54.5 Å². The van der Waals surface area contributed by atoms with Crippen molar-refractivity contribution in [3.8, 4) is 11.5 Å². The summed E-state index contributed by atoms with van der Waals surface area (Å²) in [6.45, 7) is 10.0. The van der Waals surface area contributed by atoms with E-state index in [1.165, 1.54) is 6.07 Å². The molecule has 0 saturated carbocycles. The first-order valence-electron chi connectivity index (χ1n) is 11.3. The van der Waals surface area contributed by atoms with Crippen LogP contribution < -0.4 is 10.4 Å². The van der Waals surface area contributed by atoms with E-state index in [2.05, 4.69) is 38.4 Å². The van der Waals surface area contributed by atoms with Gasteiger partial charge in [0.1, 0.15) is 16.4 Å². The fraction of sp³-hybridized carbons (Fsp3) is 0.259. The van der Waals surface area contributed by atoms with Crippen LogP contribution in [0.5, 0.6) is 11.5 Å². The smallest absolute Gasteiger partial charge is 0.295 e. The monoisotopic (exact) mass is 622 g/mol. The number of rotatable bonds is 7. The van der Waals surface area contributed by atoms with Gasteiger partial charge in [0.15, 0.2) is 0 Å². The van der Waals surface area contributed by atoms with E-state index in [-0.39, 0.29) is 16.4 Å². The summed E-state index contributed by atoms with van der Waals surface area (Å²) in [7, 11) is -4.56. The maximum Gasteiger partial charge on any atom is 0.295 e. The Hall–Kier alpha value is -2.13. The highest BCUT2D eigenvalue weighted by Crippen LogP contribution is 2.39. The van der Waals surface area contributed by atoms with Crippen LogP contribution in [-0.4, -0.2) is 23.2 Å². The van der Waals surface area contributed by atoms with Crippen LogP contribution >= 0.6 is 31.9 Å². The molecule has 0 aliphatic rings. The molecule has 0 atom stereocenters. The SMILES string of the molecule is C=c1c(Br)c(O)c(CCC)cc1=C(c1ccccc1S(=O)(=O)O)c1cc(CCC)c(O)c(Br)c1C. The van der Waals surface area contributed by atoms with Gasteiger partial charge in [0, 0.05) is 5.56 Å². The summed E-state index contributed by atoms with van der Waals surface area (Å²) >= 11 is 6.97. The van der Waals surface area contributed by atoms with Gasteiger partial charge in [0.2, 0.25) is 0 Å². The third kappa shape index (κ3) is 5.35. The molecule has 0 aliphatic heterocycles. The van der Waals surface area contributed by atoms with Crippen molar-refractivity contribution >= 4 is 54.1 Å². The molecule has 5 nitrogen and oxygen atoms in total. The molecule has 186 valence electrons. The second kappa shape index (κ2) is 10.9. The molecule has 3 N–H and O–H groups in total. The molecule has 0 bridgehead atoms. The third-order valence-corrected chi connectivity index (χ3v) is 8.73. The zero-order chi connectivity index (χ0) is 26.1. The van der Waals surface area contributed by atoms with E-state index in [9.17, 15) is 23.2 Å². The average molecular weight is 624 g/mol. The summed E-state index contributed by atoms with van der Waals surface area (Å²) in [4.78, 5) is -0.240. The first-order valence-corrected chi connectivity index (χ1v) is 14.3. The van der Waals surface area contributed by atoms with Crippen molar-refractivity contribution in [2.24, 2.45) is 0 Å². The lowest BCUT2D eigenvalue weighted by Crippen LogP contribution is -2.29. The average Bonchev–Trinajstić information content (AvgIpc) is 2.81. The molecule has 8 heteroatoms. The standard InChI is InChI=1S/C27H28Br2O5S/c1-5-9-17-13-20(15(3)24(28)26(17)30)23(19-11-7-8-12-22(19)35(32,33)34)21-14-18(10-6-2)27(31)25(29)16(21)4/h7-8,11-14,30-31H,3,5-6,9-10H2,1-2,4H3,(H,32,33,34). The van der Waals surface area contributed by atoms with Crippen LogP contribution in [0, 0.1) is 6.92 Å². The van der Waals surface area contributed by atoms with Gasteiger partial charge in [-0.3, -0.25) is 4.55 Å². The minimum Gasteiger partial charge on any atom is -0.506 e. The summed E-state index contributed by atoms with van der Waals surface area (Å²) in [5.74, 6) is 0.238. The molecule has 0 fully saturated rings. The summed E-state index contributed by atoms with van der Waals surface area (Å²) in [5, 5.41) is 22.5. The van der Waals surface area contributed by atoms with E-state index in [0.29, 0.717) is 65.6 Å². The number of aryl methyl sites for hydroxylation is 2. The number of hydrogen-bond donors (Lipinski definition) is 3. The largest absolute Gasteiger partial charge is 0.506 e. The molecule has 0 aliphatic carbocycles. The third-order valence-electron chi connectivity index (χ3n) is 6.00. The maximum absolute atomic E-state index is 12.4. The Morgan fingerprint density at radius 1 is 0.914 bits per heavy atom. The minimum atomic E-state index is -4.56. The molecule has 3 aromatic rings. The lowest BCUT2D eigenvalue weighted by molar-refractivity contribution is 0.463. The van der Waals surface area contributed by atoms with E-state index in [4.69, 9.17) is 0 Å². The molecular formula is C27H28Br2O5S.